The lowest BCUT2D eigenvalue weighted by Gasteiger charge is -2.18. The quantitative estimate of drug-likeness (QED) is 0.0261. The van der Waals surface area contributed by atoms with Crippen LogP contribution in [-0.4, -0.2) is 37.2 Å². The Bertz CT molecular complexity index is 1230. The molecule has 0 aromatic carbocycles. The van der Waals surface area contributed by atoms with Crippen LogP contribution in [0, 0.1) is 0 Å². The van der Waals surface area contributed by atoms with E-state index in [1.54, 1.807) is 0 Å². The van der Waals surface area contributed by atoms with Gasteiger partial charge in [0.25, 0.3) is 0 Å². The Morgan fingerprint density at radius 2 is 0.474 bits per heavy atom. The third-order valence-electron chi connectivity index (χ3n) is 15.7. The lowest BCUT2D eigenvalue weighted by atomic mass is 10.0. The molecular formula is C70H132O6. The van der Waals surface area contributed by atoms with E-state index in [4.69, 9.17) is 14.2 Å². The van der Waals surface area contributed by atoms with Gasteiger partial charge < -0.3 is 14.2 Å². The van der Waals surface area contributed by atoms with Gasteiger partial charge in [-0.05, 0) is 51.4 Å². The summed E-state index contributed by atoms with van der Waals surface area (Å²) in [5.41, 5.74) is 0. The molecule has 0 N–H and O–H groups in total. The van der Waals surface area contributed by atoms with Crippen LogP contribution in [0.25, 0.3) is 0 Å². The van der Waals surface area contributed by atoms with Gasteiger partial charge in [0.05, 0.1) is 0 Å². The normalized spacial score (nSPS) is 12.1. The highest BCUT2D eigenvalue weighted by atomic mass is 16.6. The average molecular weight is 1070 g/mol. The number of esters is 3. The summed E-state index contributed by atoms with van der Waals surface area (Å²) in [6.45, 7) is 6.69. The maximum absolute atomic E-state index is 12.9. The molecule has 0 saturated heterocycles. The van der Waals surface area contributed by atoms with Gasteiger partial charge in [-0.3, -0.25) is 14.4 Å². The maximum Gasteiger partial charge on any atom is 0.306 e. The van der Waals surface area contributed by atoms with E-state index in [2.05, 4.69) is 45.1 Å². The van der Waals surface area contributed by atoms with Crippen molar-refractivity contribution in [1.29, 1.82) is 0 Å². The Morgan fingerprint density at radius 1 is 0.263 bits per heavy atom. The lowest BCUT2D eigenvalue weighted by Crippen LogP contribution is -2.30. The first-order chi connectivity index (χ1) is 37.5. The Hall–Kier alpha value is -2.11. The van der Waals surface area contributed by atoms with Gasteiger partial charge in [0, 0.05) is 19.3 Å². The number of carbonyl (C=O) groups excluding carboxylic acids is 3. The highest BCUT2D eigenvalue weighted by Crippen LogP contribution is 2.19. The van der Waals surface area contributed by atoms with E-state index in [9.17, 15) is 14.4 Å². The molecule has 0 aliphatic rings. The third-order valence-corrected chi connectivity index (χ3v) is 15.7. The third kappa shape index (κ3) is 62.7. The van der Waals surface area contributed by atoms with Crippen LogP contribution in [0.3, 0.4) is 0 Å². The van der Waals surface area contributed by atoms with Crippen molar-refractivity contribution >= 4 is 17.9 Å². The zero-order valence-corrected chi connectivity index (χ0v) is 51.6. The molecule has 0 aromatic heterocycles. The number of carbonyl (C=O) groups is 3. The topological polar surface area (TPSA) is 78.9 Å². The zero-order chi connectivity index (χ0) is 55.0. The van der Waals surface area contributed by atoms with Crippen LogP contribution in [-0.2, 0) is 28.6 Å². The molecule has 6 heteroatoms. The lowest BCUT2D eigenvalue weighted by molar-refractivity contribution is -0.167. The van der Waals surface area contributed by atoms with Crippen LogP contribution in [0.2, 0.25) is 0 Å². The molecule has 0 aliphatic carbocycles. The number of hydrogen-bond donors (Lipinski definition) is 0. The molecule has 0 aliphatic heterocycles. The molecule has 0 aromatic rings. The first-order valence-electron chi connectivity index (χ1n) is 34.3. The van der Waals surface area contributed by atoms with E-state index in [1.807, 2.05) is 0 Å². The van der Waals surface area contributed by atoms with Crippen molar-refractivity contribution in [3.63, 3.8) is 0 Å². The van der Waals surface area contributed by atoms with Crippen LogP contribution in [0.4, 0.5) is 0 Å². The Balaban J connectivity index is 4.21. The van der Waals surface area contributed by atoms with E-state index in [-0.39, 0.29) is 31.1 Å². The second kappa shape index (κ2) is 65.4. The van der Waals surface area contributed by atoms with Crippen LogP contribution in [0.15, 0.2) is 24.3 Å². The van der Waals surface area contributed by atoms with Crippen molar-refractivity contribution in [1.82, 2.24) is 0 Å². The van der Waals surface area contributed by atoms with Gasteiger partial charge in [-0.25, -0.2) is 0 Å². The number of rotatable bonds is 64. The van der Waals surface area contributed by atoms with Crippen LogP contribution >= 0.6 is 0 Å². The summed E-state index contributed by atoms with van der Waals surface area (Å²) in [5.74, 6) is -0.840. The Kier molecular flexibility index (Phi) is 63.6. The van der Waals surface area contributed by atoms with Crippen molar-refractivity contribution < 1.29 is 28.6 Å². The van der Waals surface area contributed by atoms with Crippen molar-refractivity contribution in [2.45, 2.75) is 393 Å². The Labute approximate surface area is 474 Å². The SMILES string of the molecule is CCCCC/C=C\C/C=C\CCCCCCCCCCCC(=O)OC(COC(=O)CCCCCCCCCCCCCCC)COC(=O)CCCCCCCCCCCCCCCCCCCCCCCCCCCC. The average Bonchev–Trinajstić information content (AvgIpc) is 3.42. The summed E-state index contributed by atoms with van der Waals surface area (Å²) >= 11 is 0. The molecule has 0 saturated carbocycles. The van der Waals surface area contributed by atoms with Gasteiger partial charge in [-0.1, -0.05) is 340 Å². The van der Waals surface area contributed by atoms with Gasteiger partial charge in [0.15, 0.2) is 6.10 Å². The van der Waals surface area contributed by atoms with Gasteiger partial charge in [-0.15, -0.1) is 0 Å². The fourth-order valence-corrected chi connectivity index (χ4v) is 10.5. The minimum Gasteiger partial charge on any atom is -0.462 e. The van der Waals surface area contributed by atoms with Crippen molar-refractivity contribution in [2.24, 2.45) is 0 Å². The highest BCUT2D eigenvalue weighted by molar-refractivity contribution is 5.71. The second-order valence-electron chi connectivity index (χ2n) is 23.5. The predicted molar refractivity (Wildman–Crippen MR) is 330 cm³/mol. The summed E-state index contributed by atoms with van der Waals surface area (Å²) in [5, 5.41) is 0. The minimum atomic E-state index is -0.770. The van der Waals surface area contributed by atoms with E-state index in [0.717, 1.165) is 64.2 Å². The van der Waals surface area contributed by atoms with Gasteiger partial charge in [0.2, 0.25) is 0 Å². The van der Waals surface area contributed by atoms with Gasteiger partial charge in [0.1, 0.15) is 13.2 Å². The number of ether oxygens (including phenoxy) is 3. The van der Waals surface area contributed by atoms with Crippen molar-refractivity contribution in [2.75, 3.05) is 13.2 Å². The van der Waals surface area contributed by atoms with Gasteiger partial charge >= 0.3 is 17.9 Å². The van der Waals surface area contributed by atoms with E-state index >= 15 is 0 Å². The molecule has 6 nitrogen and oxygen atoms in total. The minimum absolute atomic E-state index is 0.0666. The maximum atomic E-state index is 12.9. The Morgan fingerprint density at radius 3 is 0.750 bits per heavy atom. The fraction of sp³-hybridized carbons (Fsp3) is 0.900. The predicted octanol–water partition coefficient (Wildman–Crippen LogP) is 23.4. The second-order valence-corrected chi connectivity index (χ2v) is 23.5. The summed E-state index contributed by atoms with van der Waals surface area (Å²) in [6.07, 6.45) is 79.2. The summed E-state index contributed by atoms with van der Waals surface area (Å²) in [6, 6.07) is 0. The summed E-state index contributed by atoms with van der Waals surface area (Å²) < 4.78 is 17.0. The monoisotopic (exact) mass is 1070 g/mol. The number of allylic oxidation sites excluding steroid dienone is 4. The molecule has 0 rings (SSSR count). The molecule has 0 heterocycles. The fourth-order valence-electron chi connectivity index (χ4n) is 10.5. The smallest absolute Gasteiger partial charge is 0.306 e. The molecular weight excluding hydrogens is 937 g/mol. The molecule has 0 amide bonds. The molecule has 0 radical (unpaired) electrons. The first kappa shape index (κ1) is 73.9. The molecule has 0 bridgehead atoms. The first-order valence-corrected chi connectivity index (χ1v) is 34.3. The number of hydrogen-bond acceptors (Lipinski definition) is 6. The largest absolute Gasteiger partial charge is 0.462 e. The molecule has 0 spiro atoms. The summed E-state index contributed by atoms with van der Waals surface area (Å²) in [7, 11) is 0. The molecule has 1 unspecified atom stereocenters. The van der Waals surface area contributed by atoms with Crippen LogP contribution in [0.1, 0.15) is 387 Å². The molecule has 0 fully saturated rings. The van der Waals surface area contributed by atoms with Gasteiger partial charge in [-0.2, -0.15) is 0 Å². The highest BCUT2D eigenvalue weighted by Gasteiger charge is 2.19. The van der Waals surface area contributed by atoms with E-state index in [0.29, 0.717) is 19.3 Å². The van der Waals surface area contributed by atoms with E-state index in [1.165, 1.54) is 283 Å². The molecule has 448 valence electrons. The van der Waals surface area contributed by atoms with Crippen molar-refractivity contribution in [3.05, 3.63) is 24.3 Å². The number of unbranched alkanes of at least 4 members (excludes halogenated alkanes) is 49. The molecule has 1 atom stereocenters. The molecule has 76 heavy (non-hydrogen) atoms. The van der Waals surface area contributed by atoms with Crippen LogP contribution < -0.4 is 0 Å². The zero-order valence-electron chi connectivity index (χ0n) is 51.6. The van der Waals surface area contributed by atoms with E-state index < -0.39 is 6.10 Å². The van der Waals surface area contributed by atoms with Crippen molar-refractivity contribution in [3.8, 4) is 0 Å². The standard InChI is InChI=1S/C70H132O6/c1-4-7-10-13-16-19-22-25-27-29-31-32-33-34-35-36-37-39-40-42-45-48-51-54-57-60-63-69(72)75-66-67(65-74-68(71)62-59-56-53-50-47-44-24-21-18-15-12-9-6-3)76-70(73)64-61-58-55-52-49-46-43-41-38-30-28-26-23-20-17-14-11-8-5-2/h17,20,26,28,67H,4-16,18-19,21-25,27,29-66H2,1-3H3/b20-17-,28-26-. The summed E-state index contributed by atoms with van der Waals surface area (Å²) in [4.78, 5) is 38.4. The van der Waals surface area contributed by atoms with Crippen LogP contribution in [0.5, 0.6) is 0 Å².